The van der Waals surface area contributed by atoms with Crippen LogP contribution in [0.15, 0.2) is 70.6 Å². The molecule has 10 atom stereocenters. The third-order valence-electron chi connectivity index (χ3n) is 17.3. The fourth-order valence-corrected chi connectivity index (χ4v) is 12.7. The van der Waals surface area contributed by atoms with Crippen molar-refractivity contribution in [1.29, 1.82) is 0 Å². The van der Waals surface area contributed by atoms with E-state index in [9.17, 15) is 34.5 Å². The van der Waals surface area contributed by atoms with E-state index in [0.717, 1.165) is 100 Å². The monoisotopic (exact) mass is 1040 g/mol. The summed E-state index contributed by atoms with van der Waals surface area (Å²) in [5, 5.41) is 36.8. The molecule has 0 bridgehead atoms. The van der Waals surface area contributed by atoms with Gasteiger partial charge in [0.2, 0.25) is 17.7 Å². The maximum absolute atomic E-state index is 13.8. The number of hydrogen-bond acceptors (Lipinski definition) is 11. The lowest BCUT2D eigenvalue weighted by Crippen LogP contribution is -2.58. The zero-order chi connectivity index (χ0) is 54.5. The predicted molar refractivity (Wildman–Crippen MR) is 289 cm³/mol. The minimum atomic E-state index is -1.04. The SMILES string of the molecule is C[C@@H]1[C@H]2CCC[C@H]2CN1C(=O)[C@@H](N)C(C)(C)C.C[C@@H]1[C@H]2CCC[C@H]2CN1C(=O)[C@@H](NC(=O)C(N=C([O-])OCc1ccccc1)C1CCCCC1)C(C)(C)C.O=C(O)C(N=C([O-])OCc1ccccc1)C1CCCCC1. The van der Waals surface area contributed by atoms with E-state index >= 15 is 0 Å². The van der Waals surface area contributed by atoms with E-state index in [2.05, 4.69) is 29.1 Å². The number of likely N-dealkylation sites (tertiary alicyclic amines) is 2. The molecule has 2 aromatic rings. The number of aliphatic carboxylic acids is 1. The minimum Gasteiger partial charge on any atom is -0.596 e. The Morgan fingerprint density at radius 1 is 0.613 bits per heavy atom. The Bertz CT molecular complexity index is 2200. The number of aliphatic imine (C=N–C) groups is 2. The number of rotatable bonds is 13. The van der Waals surface area contributed by atoms with Crippen LogP contribution in [0.2, 0.25) is 0 Å². The number of benzene rings is 2. The van der Waals surface area contributed by atoms with E-state index in [1.165, 1.54) is 38.5 Å². The number of nitrogens with zero attached hydrogens (tertiary/aromatic N) is 4. The van der Waals surface area contributed by atoms with Crippen LogP contribution < -0.4 is 21.3 Å². The van der Waals surface area contributed by atoms with Crippen molar-refractivity contribution < 1.29 is 44.0 Å². The van der Waals surface area contributed by atoms with Crippen molar-refractivity contribution in [3.8, 4) is 0 Å². The van der Waals surface area contributed by atoms with Crippen molar-refractivity contribution in [3.05, 3.63) is 71.8 Å². The summed E-state index contributed by atoms with van der Waals surface area (Å²) in [6.45, 7) is 18.4. The molecule has 4 aliphatic carbocycles. The molecule has 4 saturated carbocycles. The van der Waals surface area contributed by atoms with Crippen LogP contribution >= 0.6 is 0 Å². The van der Waals surface area contributed by atoms with E-state index < -0.39 is 41.7 Å². The number of ether oxygens (including phenoxy) is 2. The molecule has 3 amide bonds. The fraction of sp³-hybridized carbons (Fsp3) is 0.700. The van der Waals surface area contributed by atoms with Gasteiger partial charge in [-0.1, -0.05) is 154 Å². The number of carbonyl (C=O) groups excluding carboxylic acids is 3. The van der Waals surface area contributed by atoms with Crippen LogP contribution in [0.3, 0.4) is 0 Å². The van der Waals surface area contributed by atoms with Gasteiger partial charge in [-0.3, -0.25) is 24.4 Å². The van der Waals surface area contributed by atoms with E-state index in [1.807, 2.05) is 112 Å². The summed E-state index contributed by atoms with van der Waals surface area (Å²) in [4.78, 5) is 63.4. The molecule has 2 aliphatic heterocycles. The Kier molecular flexibility index (Phi) is 21.4. The van der Waals surface area contributed by atoms with Gasteiger partial charge < -0.3 is 45.6 Å². The van der Waals surface area contributed by atoms with Gasteiger partial charge in [-0.2, -0.15) is 0 Å². The van der Waals surface area contributed by atoms with E-state index in [1.54, 1.807) is 0 Å². The van der Waals surface area contributed by atoms with Gasteiger partial charge in [0.15, 0.2) is 6.04 Å². The lowest BCUT2D eigenvalue weighted by atomic mass is 9.82. The smallest absolute Gasteiger partial charge is 0.328 e. The van der Waals surface area contributed by atoms with Crippen molar-refractivity contribution in [3.63, 3.8) is 0 Å². The molecule has 6 aliphatic rings. The van der Waals surface area contributed by atoms with Gasteiger partial charge in [0, 0.05) is 38.4 Å². The number of amides is 3. The average Bonchev–Trinajstić information content (AvgIpc) is 4.20. The van der Waals surface area contributed by atoms with Gasteiger partial charge in [0.05, 0.1) is 6.04 Å². The molecule has 15 nitrogen and oxygen atoms in total. The second-order valence-electron chi connectivity index (χ2n) is 24.7. The Labute approximate surface area is 447 Å². The van der Waals surface area contributed by atoms with Gasteiger partial charge in [0.25, 0.3) is 0 Å². The summed E-state index contributed by atoms with van der Waals surface area (Å²) in [6.07, 6.45) is 15.6. The van der Waals surface area contributed by atoms with Crippen LogP contribution in [0, 0.1) is 46.3 Å². The molecule has 4 N–H and O–H groups in total. The highest BCUT2D eigenvalue weighted by atomic mass is 16.6. The summed E-state index contributed by atoms with van der Waals surface area (Å²) in [7, 11) is 0. The highest BCUT2D eigenvalue weighted by molar-refractivity contribution is 5.91. The number of carboxylic acids is 1. The second kappa shape index (κ2) is 27.2. The number of nitrogens with one attached hydrogen (secondary N) is 1. The zero-order valence-electron chi connectivity index (χ0n) is 46.4. The van der Waals surface area contributed by atoms with Gasteiger partial charge in [-0.25, -0.2) is 4.79 Å². The zero-order valence-corrected chi connectivity index (χ0v) is 46.4. The van der Waals surface area contributed by atoms with Crippen LogP contribution in [0.25, 0.3) is 0 Å². The first kappa shape index (κ1) is 59.1. The fourth-order valence-electron chi connectivity index (χ4n) is 12.7. The molecule has 0 aromatic heterocycles. The molecule has 2 unspecified atom stereocenters. The van der Waals surface area contributed by atoms with Crippen LogP contribution in [0.5, 0.6) is 0 Å². The molecule has 6 fully saturated rings. The quantitative estimate of drug-likeness (QED) is 0.130. The molecule has 75 heavy (non-hydrogen) atoms. The largest absolute Gasteiger partial charge is 0.596 e. The Hall–Kier alpha value is -5.18. The Balaban J connectivity index is 0.000000202. The molecule has 2 aromatic carbocycles. The summed E-state index contributed by atoms with van der Waals surface area (Å²) in [6, 6.07) is 16.4. The van der Waals surface area contributed by atoms with Gasteiger partial charge in [-0.05, 0) is 123 Å². The predicted octanol–water partition coefficient (Wildman–Crippen LogP) is 8.01. The molecular formula is C60H90N6O9-2. The van der Waals surface area contributed by atoms with Crippen molar-refractivity contribution in [1.82, 2.24) is 15.1 Å². The molecule has 15 heteroatoms. The lowest BCUT2D eigenvalue weighted by Gasteiger charge is -2.37. The number of fused-ring (bicyclic) bond motifs is 2. The second-order valence-corrected chi connectivity index (χ2v) is 24.7. The number of hydrogen-bond donors (Lipinski definition) is 3. The van der Waals surface area contributed by atoms with Crippen molar-refractivity contribution >= 4 is 35.9 Å². The molecule has 0 spiro atoms. The molecule has 2 heterocycles. The first-order valence-corrected chi connectivity index (χ1v) is 28.4. The van der Waals surface area contributed by atoms with E-state index in [0.29, 0.717) is 17.9 Å². The number of carbonyl (C=O) groups is 4. The summed E-state index contributed by atoms with van der Waals surface area (Å²) in [5.74, 6) is 1.26. The maximum Gasteiger partial charge on any atom is 0.328 e. The van der Waals surface area contributed by atoms with Crippen LogP contribution in [0.1, 0.15) is 169 Å². The Morgan fingerprint density at radius 3 is 1.43 bits per heavy atom. The van der Waals surface area contributed by atoms with Gasteiger partial charge in [-0.15, -0.1) is 0 Å². The number of nitrogens with two attached hydrogens (primary N) is 1. The van der Waals surface area contributed by atoms with Gasteiger partial charge >= 0.3 is 5.97 Å². The molecule has 8 rings (SSSR count). The molecule has 0 radical (unpaired) electrons. The van der Waals surface area contributed by atoms with Crippen molar-refractivity contribution in [2.75, 3.05) is 13.1 Å². The summed E-state index contributed by atoms with van der Waals surface area (Å²) < 4.78 is 10.4. The lowest BCUT2D eigenvalue weighted by molar-refractivity contribution is -0.253. The maximum atomic E-state index is 13.8. The van der Waals surface area contributed by atoms with E-state index in [4.69, 9.17) is 15.2 Å². The first-order valence-electron chi connectivity index (χ1n) is 28.4. The first-order chi connectivity index (χ1) is 35.6. The average molecular weight is 1040 g/mol. The van der Waals surface area contributed by atoms with Gasteiger partial charge in [0.1, 0.15) is 24.3 Å². The molecule has 416 valence electrons. The van der Waals surface area contributed by atoms with Crippen LogP contribution in [-0.4, -0.2) is 100 Å². The standard InChI is InChI=1S/C30H45N3O4.C16H21NO4.C14H26N2O/c1-20-24-17-11-16-23(24)18-33(20)28(35)26(30(2,3)4)32-27(34)25(22-14-9-6-10-15-22)31-29(36)37-19-21-12-7-5-8-13-21;18-15(19)14(13-9-5-2-6-10-13)17-16(20)21-11-12-7-3-1-4-8-12;1-9-11-7-5-6-10(11)8-16(9)13(17)12(15)14(2,3)4/h5,7-8,12-13,20,22-26H,6,9-11,14-19H2,1-4H3,(H,31,36)(H,32,34);1,3-4,7-8,13-14H,2,5-6,9-11H2,(H,17,20)(H,18,19);9-12H,5-8,15H2,1-4H3/p-2/t20-,23+,24-,25?,26-;;9-,10+,11-,12-/m1.1/s1. The Morgan fingerprint density at radius 2 is 1.03 bits per heavy atom. The third-order valence-corrected chi connectivity index (χ3v) is 17.3. The summed E-state index contributed by atoms with van der Waals surface area (Å²) in [5.41, 5.74) is 7.19. The third kappa shape index (κ3) is 16.4. The van der Waals surface area contributed by atoms with Crippen molar-refractivity contribution in [2.24, 2.45) is 62.1 Å². The van der Waals surface area contributed by atoms with E-state index in [-0.39, 0.29) is 60.3 Å². The normalized spacial score (nSPS) is 26.0. The summed E-state index contributed by atoms with van der Waals surface area (Å²) >= 11 is 0. The topological polar surface area (TPSA) is 222 Å². The highest BCUT2D eigenvalue weighted by Crippen LogP contribution is 2.44. The van der Waals surface area contributed by atoms with Crippen molar-refractivity contribution in [2.45, 2.75) is 208 Å². The molecule has 2 saturated heterocycles. The van der Waals surface area contributed by atoms with Crippen LogP contribution in [-0.2, 0) is 41.9 Å². The number of carboxylic acid groups (broad SMARTS) is 1. The minimum absolute atomic E-state index is 0.0169. The molecular weight excluding hydrogens is 949 g/mol. The highest BCUT2D eigenvalue weighted by Gasteiger charge is 2.48. The van der Waals surface area contributed by atoms with Crippen LogP contribution in [0.4, 0.5) is 0 Å².